The lowest BCUT2D eigenvalue weighted by molar-refractivity contribution is -0.00160. The van der Waals surface area contributed by atoms with Gasteiger partial charge in [0.15, 0.2) is 17.5 Å². The van der Waals surface area contributed by atoms with Gasteiger partial charge in [0, 0.05) is 25.8 Å². The Kier molecular flexibility index (Phi) is 4.32. The van der Waals surface area contributed by atoms with Crippen LogP contribution in [0.5, 0.6) is 0 Å². The van der Waals surface area contributed by atoms with Crippen LogP contribution in [0.25, 0.3) is 0 Å². The normalized spacial score (nSPS) is 22.9. The fourth-order valence-electron chi connectivity index (χ4n) is 2.39. The minimum atomic E-state index is -1.57. The maximum atomic E-state index is 13.2. The standard InChI is InChI=1S/C14H16F3NO2/c1-8-3-4-18(7-12(8)20-2)14(19)9-5-10(15)13(17)11(16)6-9/h5-6,8,12H,3-4,7H2,1-2H3. The lowest BCUT2D eigenvalue weighted by atomic mass is 9.95. The maximum Gasteiger partial charge on any atom is 0.254 e. The molecule has 2 rings (SSSR count). The lowest BCUT2D eigenvalue weighted by Crippen LogP contribution is -2.46. The predicted molar refractivity (Wildman–Crippen MR) is 66.8 cm³/mol. The van der Waals surface area contributed by atoms with Crippen molar-refractivity contribution in [2.45, 2.75) is 19.4 Å². The number of ether oxygens (including phenoxy) is 1. The summed E-state index contributed by atoms with van der Waals surface area (Å²) in [6.07, 6.45) is 0.638. The molecule has 0 aliphatic carbocycles. The molecule has 1 fully saturated rings. The Balaban J connectivity index is 2.19. The number of piperidine rings is 1. The molecule has 0 radical (unpaired) electrons. The van der Waals surface area contributed by atoms with Gasteiger partial charge in [-0.1, -0.05) is 6.92 Å². The SMILES string of the molecule is COC1CN(C(=O)c2cc(F)c(F)c(F)c2)CCC1C. The van der Waals surface area contributed by atoms with Crippen molar-refractivity contribution in [1.82, 2.24) is 4.90 Å². The Morgan fingerprint density at radius 2 is 1.90 bits per heavy atom. The predicted octanol–water partition coefficient (Wildman–Crippen LogP) is 2.60. The van der Waals surface area contributed by atoms with E-state index in [1.165, 1.54) is 4.90 Å². The first kappa shape index (κ1) is 14.8. The zero-order chi connectivity index (χ0) is 14.9. The van der Waals surface area contributed by atoms with E-state index in [0.29, 0.717) is 19.0 Å². The van der Waals surface area contributed by atoms with Crippen LogP contribution in [0.1, 0.15) is 23.7 Å². The van der Waals surface area contributed by atoms with Crippen molar-refractivity contribution in [1.29, 1.82) is 0 Å². The van der Waals surface area contributed by atoms with Crippen LogP contribution < -0.4 is 0 Å². The molecule has 2 unspecified atom stereocenters. The molecular formula is C14H16F3NO2. The van der Waals surface area contributed by atoms with E-state index >= 15 is 0 Å². The highest BCUT2D eigenvalue weighted by Gasteiger charge is 2.30. The Labute approximate surface area is 115 Å². The molecule has 1 aromatic rings. The third kappa shape index (κ3) is 2.80. The van der Waals surface area contributed by atoms with Crippen LogP contribution in [-0.4, -0.2) is 37.1 Å². The molecule has 1 saturated heterocycles. The minimum absolute atomic E-state index is 0.108. The van der Waals surface area contributed by atoms with Gasteiger partial charge in [-0.05, 0) is 24.5 Å². The van der Waals surface area contributed by atoms with E-state index in [-0.39, 0.29) is 11.7 Å². The average Bonchev–Trinajstić information content (AvgIpc) is 2.44. The number of carbonyl (C=O) groups excluding carboxylic acids is 1. The summed E-state index contributed by atoms with van der Waals surface area (Å²) in [5, 5.41) is 0. The third-order valence-corrected chi connectivity index (χ3v) is 3.71. The molecule has 1 aromatic carbocycles. The monoisotopic (exact) mass is 287 g/mol. The molecule has 20 heavy (non-hydrogen) atoms. The van der Waals surface area contributed by atoms with E-state index in [4.69, 9.17) is 4.74 Å². The van der Waals surface area contributed by atoms with Gasteiger partial charge in [-0.3, -0.25) is 4.79 Å². The van der Waals surface area contributed by atoms with Gasteiger partial charge in [-0.25, -0.2) is 13.2 Å². The topological polar surface area (TPSA) is 29.5 Å². The van der Waals surface area contributed by atoms with Crippen molar-refractivity contribution in [2.24, 2.45) is 5.92 Å². The second-order valence-electron chi connectivity index (χ2n) is 5.05. The van der Waals surface area contributed by atoms with Gasteiger partial charge in [0.25, 0.3) is 5.91 Å². The van der Waals surface area contributed by atoms with Gasteiger partial charge in [-0.15, -0.1) is 0 Å². The number of likely N-dealkylation sites (tertiary alicyclic amines) is 1. The summed E-state index contributed by atoms with van der Waals surface area (Å²) < 4.78 is 44.5. The number of amides is 1. The molecule has 0 saturated carbocycles. The summed E-state index contributed by atoms with van der Waals surface area (Å²) >= 11 is 0. The van der Waals surface area contributed by atoms with Crippen LogP contribution in [0, 0.1) is 23.4 Å². The number of hydrogen-bond acceptors (Lipinski definition) is 2. The van der Waals surface area contributed by atoms with Gasteiger partial charge in [-0.2, -0.15) is 0 Å². The summed E-state index contributed by atoms with van der Waals surface area (Å²) in [6, 6.07) is 1.45. The Hall–Kier alpha value is -1.56. The first-order chi connectivity index (χ1) is 9.43. The quantitative estimate of drug-likeness (QED) is 0.783. The fraction of sp³-hybridized carbons (Fsp3) is 0.500. The summed E-state index contributed by atoms with van der Waals surface area (Å²) in [7, 11) is 1.56. The Bertz CT molecular complexity index is 498. The number of halogens is 3. The summed E-state index contributed by atoms with van der Waals surface area (Å²) in [6.45, 7) is 2.87. The van der Waals surface area contributed by atoms with E-state index in [9.17, 15) is 18.0 Å². The Morgan fingerprint density at radius 3 is 2.45 bits per heavy atom. The number of rotatable bonds is 2. The highest BCUT2D eigenvalue weighted by molar-refractivity contribution is 5.94. The van der Waals surface area contributed by atoms with Crippen molar-refractivity contribution >= 4 is 5.91 Å². The van der Waals surface area contributed by atoms with Crippen molar-refractivity contribution in [3.63, 3.8) is 0 Å². The van der Waals surface area contributed by atoms with Crippen LogP contribution in [0.2, 0.25) is 0 Å². The summed E-state index contributed by atoms with van der Waals surface area (Å²) in [5.41, 5.74) is -0.189. The molecule has 1 amide bonds. The van der Waals surface area contributed by atoms with E-state index < -0.39 is 23.4 Å². The van der Waals surface area contributed by atoms with Crippen LogP contribution in [0.4, 0.5) is 13.2 Å². The molecule has 0 N–H and O–H groups in total. The summed E-state index contributed by atoms with van der Waals surface area (Å²) in [5.74, 6) is -4.49. The van der Waals surface area contributed by atoms with Gasteiger partial charge in [0.05, 0.1) is 6.10 Å². The van der Waals surface area contributed by atoms with Crippen LogP contribution in [-0.2, 0) is 4.74 Å². The zero-order valence-corrected chi connectivity index (χ0v) is 11.3. The molecule has 2 atom stereocenters. The molecule has 0 aromatic heterocycles. The Morgan fingerprint density at radius 1 is 1.30 bits per heavy atom. The third-order valence-electron chi connectivity index (χ3n) is 3.71. The van der Waals surface area contributed by atoms with Crippen molar-refractivity contribution in [2.75, 3.05) is 20.2 Å². The van der Waals surface area contributed by atoms with Crippen LogP contribution in [0.3, 0.4) is 0 Å². The van der Waals surface area contributed by atoms with Gasteiger partial charge >= 0.3 is 0 Å². The van der Waals surface area contributed by atoms with Crippen molar-refractivity contribution in [3.8, 4) is 0 Å². The number of methoxy groups -OCH3 is 1. The molecule has 1 heterocycles. The number of carbonyl (C=O) groups is 1. The van der Waals surface area contributed by atoms with E-state index in [0.717, 1.165) is 18.6 Å². The molecule has 3 nitrogen and oxygen atoms in total. The molecule has 6 heteroatoms. The molecular weight excluding hydrogens is 271 g/mol. The van der Waals surface area contributed by atoms with Crippen molar-refractivity contribution < 1.29 is 22.7 Å². The van der Waals surface area contributed by atoms with E-state index in [1.807, 2.05) is 6.92 Å². The molecule has 0 bridgehead atoms. The molecule has 110 valence electrons. The van der Waals surface area contributed by atoms with E-state index in [2.05, 4.69) is 0 Å². The number of benzene rings is 1. The smallest absolute Gasteiger partial charge is 0.254 e. The van der Waals surface area contributed by atoms with Gasteiger partial charge < -0.3 is 9.64 Å². The zero-order valence-electron chi connectivity index (χ0n) is 11.3. The first-order valence-corrected chi connectivity index (χ1v) is 6.40. The summed E-state index contributed by atoms with van der Waals surface area (Å²) in [4.78, 5) is 13.7. The van der Waals surface area contributed by atoms with E-state index in [1.54, 1.807) is 7.11 Å². The van der Waals surface area contributed by atoms with Crippen LogP contribution in [0.15, 0.2) is 12.1 Å². The van der Waals surface area contributed by atoms with Gasteiger partial charge in [0.1, 0.15) is 0 Å². The lowest BCUT2D eigenvalue weighted by Gasteiger charge is -2.36. The highest BCUT2D eigenvalue weighted by Crippen LogP contribution is 2.22. The van der Waals surface area contributed by atoms with Crippen LogP contribution >= 0.6 is 0 Å². The average molecular weight is 287 g/mol. The highest BCUT2D eigenvalue weighted by atomic mass is 19.2. The van der Waals surface area contributed by atoms with Crippen molar-refractivity contribution in [3.05, 3.63) is 35.1 Å². The number of hydrogen-bond donors (Lipinski definition) is 0. The maximum absolute atomic E-state index is 13.2. The largest absolute Gasteiger partial charge is 0.379 e. The minimum Gasteiger partial charge on any atom is -0.379 e. The van der Waals surface area contributed by atoms with Gasteiger partial charge in [0.2, 0.25) is 0 Å². The fourth-order valence-corrected chi connectivity index (χ4v) is 2.39. The molecule has 1 aliphatic rings. The molecule has 1 aliphatic heterocycles. The molecule has 0 spiro atoms. The number of nitrogens with zero attached hydrogens (tertiary/aromatic N) is 1. The second-order valence-corrected chi connectivity index (χ2v) is 5.05. The first-order valence-electron chi connectivity index (χ1n) is 6.40. The second kappa shape index (κ2) is 5.83.